The molecule has 0 bridgehead atoms. The molecule has 1 aliphatic rings. The molecular weight excluding hydrogens is 425 g/mol. The quantitative estimate of drug-likeness (QED) is 0.546. The van der Waals surface area contributed by atoms with Crippen LogP contribution in [0.3, 0.4) is 0 Å². The van der Waals surface area contributed by atoms with Crippen molar-refractivity contribution in [1.82, 2.24) is 11.1 Å². The number of para-hydroxylation sites is 2. The first kappa shape index (κ1) is 19.7. The van der Waals surface area contributed by atoms with Crippen molar-refractivity contribution in [3.63, 3.8) is 0 Å². The number of carbonyl (C=O) groups excluding carboxylic acids is 1. The number of fused-ring (bicyclic) bond motifs is 1. The Hall–Kier alpha value is -1.60. The maximum absolute atomic E-state index is 13.0. The number of quaternary nitrogens is 1. The van der Waals surface area contributed by atoms with Crippen LogP contribution in [0.2, 0.25) is 0 Å². The fraction of sp³-hybridized carbons (Fsp3) is 0.350. The Kier molecular flexibility index (Phi) is 6.46. The third-order valence-electron chi connectivity index (χ3n) is 4.30. The van der Waals surface area contributed by atoms with Gasteiger partial charge in [0, 0.05) is 0 Å². The molecule has 1 amide bonds. The third-order valence-corrected chi connectivity index (χ3v) is 8.01. The number of nitrogens with zero attached hydrogens (tertiary/aromatic N) is 2. The van der Waals surface area contributed by atoms with Gasteiger partial charge < -0.3 is 6.15 Å². The molecule has 0 fully saturated rings. The summed E-state index contributed by atoms with van der Waals surface area (Å²) in [5.41, 5.74) is 2.99. The molecule has 138 valence electrons. The van der Waals surface area contributed by atoms with Crippen molar-refractivity contribution in [3.05, 3.63) is 60.2 Å². The SMILES string of the molecule is C[I-](C)(C)CCN1CCN(c2ccccc2)c2ccccc2C1=O.[NH4+]. The van der Waals surface area contributed by atoms with Crippen molar-refractivity contribution in [3.8, 4) is 0 Å². The second-order valence-electron chi connectivity index (χ2n) is 6.92. The van der Waals surface area contributed by atoms with Crippen molar-refractivity contribution in [2.75, 3.05) is 43.8 Å². The summed E-state index contributed by atoms with van der Waals surface area (Å²) >= 11 is -1.58. The molecule has 25 heavy (non-hydrogen) atoms. The largest absolute Gasteiger partial charge is 0.369 e. The maximum atomic E-state index is 13.0. The summed E-state index contributed by atoms with van der Waals surface area (Å²) in [6, 6.07) is 18.4. The van der Waals surface area contributed by atoms with E-state index in [2.05, 4.69) is 54.9 Å². The van der Waals surface area contributed by atoms with Gasteiger partial charge in [0.25, 0.3) is 0 Å². The van der Waals surface area contributed by atoms with E-state index in [0.717, 1.165) is 36.6 Å². The summed E-state index contributed by atoms with van der Waals surface area (Å²) in [6.07, 6.45) is 0. The molecule has 1 heterocycles. The Labute approximate surface area is 155 Å². The van der Waals surface area contributed by atoms with Gasteiger partial charge in [0.1, 0.15) is 0 Å². The molecule has 0 aromatic heterocycles. The average Bonchev–Trinajstić information content (AvgIpc) is 2.71. The molecule has 0 unspecified atom stereocenters. The van der Waals surface area contributed by atoms with Crippen molar-refractivity contribution in [2.24, 2.45) is 0 Å². The van der Waals surface area contributed by atoms with Gasteiger partial charge in [-0.3, -0.25) is 0 Å². The van der Waals surface area contributed by atoms with Gasteiger partial charge in [-0.1, -0.05) is 0 Å². The molecule has 0 radical (unpaired) electrons. The molecule has 2 aromatic carbocycles. The Morgan fingerprint density at radius 3 is 2.24 bits per heavy atom. The van der Waals surface area contributed by atoms with E-state index >= 15 is 0 Å². The summed E-state index contributed by atoms with van der Waals surface area (Å²) in [7, 11) is 0. The molecule has 4 N–H and O–H groups in total. The standard InChI is InChI=1S/C20H26IN2O.H3N/c1-21(2,3)13-14-22-15-16-23(17-9-5-4-6-10-17)19-12-8-7-11-18(19)20(22)24;/h4-12H,13-16H2,1-3H3;1H3/q-1;/p+1. The van der Waals surface area contributed by atoms with Gasteiger partial charge in [0.2, 0.25) is 0 Å². The zero-order chi connectivity index (χ0) is 17.2. The Bertz CT molecular complexity index is 712. The van der Waals surface area contributed by atoms with Crippen LogP contribution in [0.25, 0.3) is 0 Å². The minimum Gasteiger partial charge on any atom is -0.369 e. The van der Waals surface area contributed by atoms with Gasteiger partial charge in [0.05, 0.1) is 0 Å². The van der Waals surface area contributed by atoms with Crippen LogP contribution in [0.1, 0.15) is 10.4 Å². The number of benzene rings is 2. The monoisotopic (exact) mass is 455 g/mol. The summed E-state index contributed by atoms with van der Waals surface area (Å²) in [4.78, 5) is 24.6. The molecular formula is C20H30IN3O. The second kappa shape index (κ2) is 8.19. The van der Waals surface area contributed by atoms with Crippen LogP contribution in [-0.4, -0.2) is 49.7 Å². The zero-order valence-corrected chi connectivity index (χ0v) is 17.9. The molecule has 5 heteroatoms. The zero-order valence-electron chi connectivity index (χ0n) is 15.7. The Balaban J connectivity index is 0.00000225. The van der Waals surface area contributed by atoms with E-state index in [1.807, 2.05) is 24.3 Å². The molecule has 0 saturated carbocycles. The normalized spacial score (nSPS) is 15.2. The van der Waals surface area contributed by atoms with E-state index in [1.54, 1.807) is 0 Å². The number of anilines is 2. The summed E-state index contributed by atoms with van der Waals surface area (Å²) in [6.45, 7) is 2.50. The molecule has 0 saturated heterocycles. The first-order chi connectivity index (χ1) is 11.5. The van der Waals surface area contributed by atoms with E-state index in [0.29, 0.717) is 0 Å². The van der Waals surface area contributed by atoms with Crippen LogP contribution in [0.5, 0.6) is 0 Å². The van der Waals surface area contributed by atoms with E-state index in [9.17, 15) is 4.79 Å². The van der Waals surface area contributed by atoms with Crippen LogP contribution in [0.4, 0.5) is 11.4 Å². The fourth-order valence-electron chi connectivity index (χ4n) is 2.95. The summed E-state index contributed by atoms with van der Waals surface area (Å²) < 4.78 is 1.19. The van der Waals surface area contributed by atoms with Crippen molar-refractivity contribution in [1.29, 1.82) is 0 Å². The Morgan fingerprint density at radius 2 is 1.56 bits per heavy atom. The van der Waals surface area contributed by atoms with Crippen molar-refractivity contribution < 1.29 is 23.2 Å². The number of hydrogen-bond acceptors (Lipinski definition) is 2. The van der Waals surface area contributed by atoms with Gasteiger partial charge in [-0.15, -0.1) is 0 Å². The topological polar surface area (TPSA) is 60.0 Å². The Morgan fingerprint density at radius 1 is 0.920 bits per heavy atom. The average molecular weight is 455 g/mol. The predicted molar refractivity (Wildman–Crippen MR) is 104 cm³/mol. The van der Waals surface area contributed by atoms with E-state index in [4.69, 9.17) is 0 Å². The molecule has 4 nitrogen and oxygen atoms in total. The van der Waals surface area contributed by atoms with Gasteiger partial charge in [-0.25, -0.2) is 0 Å². The number of alkyl halides is 4. The van der Waals surface area contributed by atoms with Crippen LogP contribution >= 0.6 is 0 Å². The first-order valence-corrected chi connectivity index (χ1v) is 16.2. The summed E-state index contributed by atoms with van der Waals surface area (Å²) in [5.74, 6) is 0.175. The summed E-state index contributed by atoms with van der Waals surface area (Å²) in [5, 5.41) is 0. The first-order valence-electron chi connectivity index (χ1n) is 8.21. The molecule has 0 spiro atoms. The van der Waals surface area contributed by atoms with Crippen LogP contribution in [-0.2, 0) is 0 Å². The maximum Gasteiger partial charge on any atom is -0.369 e. The van der Waals surface area contributed by atoms with Gasteiger partial charge in [-0.05, 0) is 0 Å². The minimum atomic E-state index is -1.58. The number of amides is 1. The van der Waals surface area contributed by atoms with E-state index in [1.165, 1.54) is 4.43 Å². The van der Waals surface area contributed by atoms with Crippen LogP contribution < -0.4 is 29.5 Å². The van der Waals surface area contributed by atoms with Gasteiger partial charge in [-0.2, -0.15) is 0 Å². The predicted octanol–water partition coefficient (Wildman–Crippen LogP) is 0.707. The number of carbonyl (C=O) groups is 1. The van der Waals surface area contributed by atoms with Gasteiger partial charge in [0.15, 0.2) is 0 Å². The van der Waals surface area contributed by atoms with E-state index < -0.39 is 18.4 Å². The van der Waals surface area contributed by atoms with Crippen molar-refractivity contribution >= 4 is 17.3 Å². The number of rotatable bonds is 4. The second-order valence-corrected chi connectivity index (χ2v) is 19.0. The molecule has 3 rings (SSSR count). The number of hydrogen-bond donors (Lipinski definition) is 1. The van der Waals surface area contributed by atoms with E-state index in [-0.39, 0.29) is 12.1 Å². The van der Waals surface area contributed by atoms with Crippen LogP contribution in [0, 0.1) is 0 Å². The van der Waals surface area contributed by atoms with Gasteiger partial charge >= 0.3 is 149 Å². The third kappa shape index (κ3) is 4.73. The van der Waals surface area contributed by atoms with Crippen LogP contribution in [0.15, 0.2) is 54.6 Å². The molecule has 0 atom stereocenters. The smallest absolute Gasteiger partial charge is 0.369 e. The molecule has 2 aromatic rings. The minimum absolute atomic E-state index is 0. The molecule has 0 aliphatic carbocycles. The molecule has 1 aliphatic heterocycles. The van der Waals surface area contributed by atoms with Crippen molar-refractivity contribution in [2.45, 2.75) is 0 Å². The fourth-order valence-corrected chi connectivity index (χ4v) is 4.98. The number of halogens is 1.